The van der Waals surface area contributed by atoms with Gasteiger partial charge in [0.25, 0.3) is 5.08 Å². The monoisotopic (exact) mass is 1890 g/mol. The molecule has 1 aromatic heterocycles. The smallest absolute Gasteiger partial charge is 0.369 e. The average molecular weight is 1890 g/mol. The number of urea groups is 1. The number of primary amides is 1. The number of carboxylic acids is 1. The van der Waals surface area contributed by atoms with E-state index < -0.39 is 158 Å². The summed E-state index contributed by atoms with van der Waals surface area (Å²) < 4.78 is 45.2. The number of aromatic nitrogens is 1. The Balaban J connectivity index is 0.882. The second-order valence-corrected chi connectivity index (χ2v) is 36.1. The maximum absolute atomic E-state index is 14.4. The van der Waals surface area contributed by atoms with Gasteiger partial charge in [-0.2, -0.15) is 0 Å². The zero-order chi connectivity index (χ0) is 95.5. The lowest BCUT2D eigenvalue weighted by Gasteiger charge is -2.38. The molecule has 2 fully saturated rings. The zero-order valence-electron chi connectivity index (χ0n) is 72.8. The van der Waals surface area contributed by atoms with Gasteiger partial charge in [0.2, 0.25) is 82.7 Å². The molecular formula is C82H125N17O28P2S. The molecule has 0 spiro atoms. The quantitative estimate of drug-likeness (QED) is 0.0183. The fraction of sp³-hybridized carbons (Fsp3) is 0.598. The van der Waals surface area contributed by atoms with Crippen molar-refractivity contribution in [3.63, 3.8) is 0 Å². The third kappa shape index (κ3) is 42.6. The van der Waals surface area contributed by atoms with Gasteiger partial charge in [0.1, 0.15) is 30.2 Å². The number of nitrogens with one attached hydrogen (secondary N) is 13. The van der Waals surface area contributed by atoms with Gasteiger partial charge in [-0.1, -0.05) is 55.7 Å². The Bertz CT molecular complexity index is 4300. The fourth-order valence-corrected chi connectivity index (χ4v) is 16.6. The summed E-state index contributed by atoms with van der Waals surface area (Å²) in [6.45, 7) is 2.59. The van der Waals surface area contributed by atoms with E-state index in [9.17, 15) is 116 Å². The van der Waals surface area contributed by atoms with Crippen molar-refractivity contribution in [3.05, 3.63) is 89.7 Å². The summed E-state index contributed by atoms with van der Waals surface area (Å²) in [5.74, 6) is -9.48. The van der Waals surface area contributed by atoms with Crippen molar-refractivity contribution in [1.82, 2.24) is 68.4 Å². The lowest BCUT2D eigenvalue weighted by Crippen LogP contribution is -2.63. The molecule has 5 rings (SSSR count). The summed E-state index contributed by atoms with van der Waals surface area (Å²) in [6, 6.07) is 12.3. The van der Waals surface area contributed by atoms with E-state index in [1.807, 2.05) is 25.1 Å². The molecule has 0 bridgehead atoms. The Kier molecular flexibility index (Phi) is 50.0. The Morgan fingerprint density at radius 2 is 1.06 bits per heavy atom. The molecule has 23 N–H and O–H groups in total. The number of aliphatic hydroxyl groups is 1. The molecule has 2 aromatic carbocycles. The number of ether oxygens (including phenoxy) is 4. The predicted molar refractivity (Wildman–Crippen MR) is 471 cm³/mol. The van der Waals surface area contributed by atoms with Crippen LogP contribution in [0.5, 0.6) is 0 Å². The van der Waals surface area contributed by atoms with Crippen molar-refractivity contribution >= 4 is 133 Å². The van der Waals surface area contributed by atoms with Crippen LogP contribution in [0.25, 0.3) is 0 Å². The van der Waals surface area contributed by atoms with E-state index in [1.165, 1.54) is 0 Å². The van der Waals surface area contributed by atoms with Crippen LogP contribution in [0.2, 0.25) is 0 Å². The number of unbranched alkanes of at least 4 members (excludes halogenated alkanes) is 2. The molecule has 2 heterocycles. The van der Waals surface area contributed by atoms with E-state index in [0.717, 1.165) is 29.3 Å². The summed E-state index contributed by atoms with van der Waals surface area (Å²) in [5.41, 5.74) is 13.5. The minimum Gasteiger partial charge on any atom is -0.481 e. The van der Waals surface area contributed by atoms with Gasteiger partial charge >= 0.3 is 27.2 Å². The van der Waals surface area contributed by atoms with Crippen molar-refractivity contribution in [2.45, 2.75) is 201 Å². The van der Waals surface area contributed by atoms with E-state index in [2.05, 4.69) is 74.1 Å². The number of nitrogens with two attached hydrogens (primary N) is 2. The number of imide groups is 1. The number of anilines is 2. The summed E-state index contributed by atoms with van der Waals surface area (Å²) in [5, 5.41) is 49.9. The number of carbonyl (C=O) groups excluding carboxylic acids is 15. The number of carbonyl (C=O) groups is 16. The van der Waals surface area contributed by atoms with E-state index in [1.54, 1.807) is 54.9 Å². The Hall–Kier alpha value is -10.5. The topological polar surface area (TPSA) is 690 Å². The van der Waals surface area contributed by atoms with Crippen LogP contribution in [0.3, 0.4) is 0 Å². The van der Waals surface area contributed by atoms with Crippen molar-refractivity contribution in [1.29, 1.82) is 0 Å². The van der Waals surface area contributed by atoms with Gasteiger partial charge in [-0.15, -0.1) is 11.8 Å². The zero-order valence-corrected chi connectivity index (χ0v) is 75.4. The molecular weight excluding hydrogens is 1770 g/mol. The molecule has 1 saturated heterocycles. The first-order chi connectivity index (χ1) is 61.9. The highest BCUT2D eigenvalue weighted by molar-refractivity contribution is 8.00. The maximum atomic E-state index is 14.4. The molecule has 5 atom stereocenters. The molecule has 130 heavy (non-hydrogen) atoms. The van der Waals surface area contributed by atoms with Gasteiger partial charge in [0.15, 0.2) is 0 Å². The molecule has 48 heteroatoms. The van der Waals surface area contributed by atoms with Crippen LogP contribution < -0.4 is 80.6 Å². The standard InChI is InChI=1S/C82H125N17O28P2S/c1-55-14-3-4-16-60(55)97-80(116)93-58-24-21-56(22-25-58)50-70(105)95-62(18-6-9-35-86-65(100)26-23-57-15-12-34-85-52-57)76(112)96-63(19-11-20-73(108)109)77(113)98-81(31-7-2-8-32-81)79(115)92-41-45-127-49-48-126-43-39-89-67(102)28-27-66(101)88-38-42-124-46-47-125-44-40-90-68(103)29-30-69(104)94-61(74(84)110)17-5-10-36-91-75(111)59(83)54-130-64-51-72(107)99(78(64)114)53-71(106)87-37-13-33-82(117,128(118,119)120)129(121,122)123/h3-4,12,14-16,21-22,24-25,34,52,59,61-64,117H,2,5-11,13,17-20,23,26-33,35-51,53-54,83H2,1H3,(H2,84,110)(H,86,100)(H,87,106)(H,88,101)(H,89,102)(H,90,103)(H,91,111)(H,92,115)(H,94,104)(H,95,105)(H,96,112)(H,98,113)(H,108,109)(H2,93,97,116)(H2,118,119,120)(H2,121,122,123)/t59-,61+,62+,63+,64?/m1/s1. The maximum Gasteiger partial charge on any atom is 0.369 e. The van der Waals surface area contributed by atoms with E-state index in [-0.39, 0.29) is 205 Å². The van der Waals surface area contributed by atoms with E-state index in [0.29, 0.717) is 66.8 Å². The highest BCUT2D eigenvalue weighted by atomic mass is 32.2. The second-order valence-electron chi connectivity index (χ2n) is 30.9. The minimum absolute atomic E-state index is 0.0176. The van der Waals surface area contributed by atoms with Crippen LogP contribution in [0.15, 0.2) is 73.1 Å². The molecule has 722 valence electrons. The lowest BCUT2D eigenvalue weighted by molar-refractivity contribution is -0.142. The largest absolute Gasteiger partial charge is 0.481 e. The summed E-state index contributed by atoms with van der Waals surface area (Å²) in [6.07, 6.45) is 5.02. The number of benzene rings is 2. The number of aryl methyl sites for hydroxylation is 2. The van der Waals surface area contributed by atoms with Crippen LogP contribution in [0, 0.1) is 6.92 Å². The first-order valence-corrected chi connectivity index (χ1v) is 47.3. The van der Waals surface area contributed by atoms with Gasteiger partial charge in [-0.05, 0) is 125 Å². The molecule has 16 amide bonds. The molecule has 1 aliphatic carbocycles. The number of pyridine rings is 1. The van der Waals surface area contributed by atoms with Crippen LogP contribution in [0.1, 0.15) is 158 Å². The van der Waals surface area contributed by atoms with E-state index >= 15 is 0 Å². The number of amides is 16. The number of likely N-dealkylation sites (tertiary alicyclic amines) is 1. The third-order valence-electron chi connectivity index (χ3n) is 20.5. The average Bonchev–Trinajstić information content (AvgIpc) is 0.789. The number of thioether (sulfide) groups is 1. The van der Waals surface area contributed by atoms with Crippen LogP contribution in [-0.4, -0.2) is 285 Å². The Morgan fingerprint density at radius 3 is 1.62 bits per heavy atom. The van der Waals surface area contributed by atoms with Crippen molar-refractivity contribution in [2.75, 3.05) is 122 Å². The molecule has 3 aromatic rings. The Labute approximate surface area is 756 Å². The highest BCUT2D eigenvalue weighted by Crippen LogP contribution is 2.69. The Morgan fingerprint density at radius 1 is 0.546 bits per heavy atom. The van der Waals surface area contributed by atoms with Gasteiger partial charge in [-0.3, -0.25) is 90.9 Å². The number of para-hydroxylation sites is 1. The number of hydrogen-bond acceptors (Lipinski definition) is 26. The molecule has 0 radical (unpaired) electrons. The predicted octanol–water partition coefficient (Wildman–Crippen LogP) is -1.03. The van der Waals surface area contributed by atoms with Crippen LogP contribution >= 0.6 is 27.0 Å². The van der Waals surface area contributed by atoms with Crippen molar-refractivity contribution in [2.24, 2.45) is 11.5 Å². The molecule has 45 nitrogen and oxygen atoms in total. The first-order valence-electron chi connectivity index (χ1n) is 43.0. The summed E-state index contributed by atoms with van der Waals surface area (Å²) in [4.78, 5) is 248. The first kappa shape index (κ1) is 110. The van der Waals surface area contributed by atoms with Gasteiger partial charge in [-0.25, -0.2) is 4.79 Å². The number of hydrogen-bond donors (Lipinski definition) is 21. The highest BCUT2D eigenvalue weighted by Gasteiger charge is 2.59. The molecule has 1 saturated carbocycles. The van der Waals surface area contributed by atoms with Gasteiger partial charge in [0.05, 0.1) is 70.6 Å². The molecule has 1 unspecified atom stereocenters. The van der Waals surface area contributed by atoms with Crippen molar-refractivity contribution in [3.8, 4) is 0 Å². The summed E-state index contributed by atoms with van der Waals surface area (Å²) in [7, 11) is -11.4. The van der Waals surface area contributed by atoms with Gasteiger partial charge < -0.3 is 129 Å². The number of carboxylic acid groups (broad SMARTS) is 1. The third-order valence-corrected chi connectivity index (χ3v) is 25.7. The van der Waals surface area contributed by atoms with Crippen molar-refractivity contribution < 1.29 is 135 Å². The number of rotatable bonds is 65. The van der Waals surface area contributed by atoms with Crippen LogP contribution in [-0.2, 0) is 113 Å². The summed E-state index contributed by atoms with van der Waals surface area (Å²) >= 11 is 0.900. The minimum atomic E-state index is -5.71. The van der Waals surface area contributed by atoms with Gasteiger partial charge in [0, 0.05) is 127 Å². The number of nitrogens with zero attached hydrogens (tertiary/aromatic N) is 2. The normalized spacial score (nSPS) is 14.7. The fourth-order valence-electron chi connectivity index (χ4n) is 13.3. The van der Waals surface area contributed by atoms with E-state index in [4.69, 9.17) is 30.4 Å². The second kappa shape index (κ2) is 59.0. The SMILES string of the molecule is Cc1ccccc1NC(=O)Nc1ccc(CC(=O)N[C@@H](CCCCNC(=O)CCc2cccnc2)C(=O)N[C@@H](CCCC(=O)O)C(=O)NC2(C(=O)NCCOCCOCCNC(=O)CCC(=O)NCCOCCOCCNC(=O)CCC(=O)N[C@@H](CCCCNC(=O)[C@H](N)CSC3CC(=O)N(CC(=O)NCCCC(O)(P(=O)(O)O)P(=O)(O)O)C3=O)C(N)=O)CCCCC2)cc1. The molecule has 2 aliphatic rings. The lowest BCUT2D eigenvalue weighted by atomic mass is 9.80. The van der Waals surface area contributed by atoms with Crippen LogP contribution in [0.4, 0.5) is 16.2 Å². The molecule has 1 aliphatic heterocycles. The number of aliphatic carboxylic acids is 1.